The van der Waals surface area contributed by atoms with E-state index in [1.54, 1.807) is 7.11 Å². The minimum atomic E-state index is 0.230. The molecule has 3 rings (SSSR count). The van der Waals surface area contributed by atoms with Gasteiger partial charge in [0, 0.05) is 32.3 Å². The molecule has 0 fully saturated rings. The first kappa shape index (κ1) is 19.0. The molecule has 1 aromatic carbocycles. The van der Waals surface area contributed by atoms with Gasteiger partial charge >= 0.3 is 0 Å². The van der Waals surface area contributed by atoms with Crippen LogP contribution in [-0.4, -0.2) is 54.2 Å². The largest absolute Gasteiger partial charge is 0.383 e. The maximum atomic E-state index is 5.81. The summed E-state index contributed by atoms with van der Waals surface area (Å²) in [5, 5.41) is 3.22. The SMILES string of the molecule is COCCNc1nc(N)nc2ccc(Cc3ccc(CN(C)C)cc3)nc12. The van der Waals surface area contributed by atoms with Crippen molar-refractivity contribution in [2.75, 3.05) is 45.4 Å². The Balaban J connectivity index is 1.82. The van der Waals surface area contributed by atoms with Crippen molar-refractivity contribution in [3.63, 3.8) is 0 Å². The van der Waals surface area contributed by atoms with E-state index in [4.69, 9.17) is 15.5 Å². The smallest absolute Gasteiger partial charge is 0.222 e. The minimum Gasteiger partial charge on any atom is -0.383 e. The van der Waals surface area contributed by atoms with Gasteiger partial charge in [0.15, 0.2) is 5.82 Å². The fraction of sp³-hybridized carbons (Fsp3) is 0.350. The fourth-order valence-corrected chi connectivity index (χ4v) is 2.90. The van der Waals surface area contributed by atoms with E-state index >= 15 is 0 Å². The van der Waals surface area contributed by atoms with Crippen molar-refractivity contribution in [1.82, 2.24) is 19.9 Å². The molecule has 2 aromatic heterocycles. The zero-order valence-corrected chi connectivity index (χ0v) is 16.1. The number of anilines is 2. The van der Waals surface area contributed by atoms with Crippen LogP contribution in [0.2, 0.25) is 0 Å². The maximum absolute atomic E-state index is 5.81. The molecule has 0 aliphatic carbocycles. The summed E-state index contributed by atoms with van der Waals surface area (Å²) in [6.45, 7) is 2.13. The third-order valence-corrected chi connectivity index (χ3v) is 4.12. The normalized spacial score (nSPS) is 11.3. The van der Waals surface area contributed by atoms with Gasteiger partial charge in [-0.25, -0.2) is 9.97 Å². The zero-order chi connectivity index (χ0) is 19.2. The summed E-state index contributed by atoms with van der Waals surface area (Å²) in [5.41, 5.74) is 10.7. The van der Waals surface area contributed by atoms with Crippen LogP contribution in [0.4, 0.5) is 11.8 Å². The maximum Gasteiger partial charge on any atom is 0.222 e. The van der Waals surface area contributed by atoms with Crippen molar-refractivity contribution in [3.8, 4) is 0 Å². The van der Waals surface area contributed by atoms with Crippen molar-refractivity contribution < 1.29 is 4.74 Å². The van der Waals surface area contributed by atoms with E-state index < -0.39 is 0 Å². The molecule has 0 aliphatic heterocycles. The van der Waals surface area contributed by atoms with Crippen LogP contribution in [0.1, 0.15) is 16.8 Å². The van der Waals surface area contributed by atoms with Crippen LogP contribution < -0.4 is 11.1 Å². The Hall–Kier alpha value is -2.77. The van der Waals surface area contributed by atoms with Gasteiger partial charge < -0.3 is 20.7 Å². The molecule has 0 unspecified atom stereocenters. The number of pyridine rings is 1. The van der Waals surface area contributed by atoms with Crippen molar-refractivity contribution in [1.29, 1.82) is 0 Å². The second-order valence-electron chi connectivity index (χ2n) is 6.75. The molecule has 0 amide bonds. The van der Waals surface area contributed by atoms with Crippen LogP contribution in [0.5, 0.6) is 0 Å². The van der Waals surface area contributed by atoms with Gasteiger partial charge in [0.25, 0.3) is 0 Å². The van der Waals surface area contributed by atoms with Crippen LogP contribution in [0.3, 0.4) is 0 Å². The van der Waals surface area contributed by atoms with Gasteiger partial charge in [-0.05, 0) is 37.4 Å². The number of benzene rings is 1. The number of hydrogen-bond acceptors (Lipinski definition) is 7. The third-order valence-electron chi connectivity index (χ3n) is 4.12. The Kier molecular flexibility index (Phi) is 6.16. The summed E-state index contributed by atoms with van der Waals surface area (Å²) in [6, 6.07) is 12.6. The van der Waals surface area contributed by atoms with E-state index in [1.165, 1.54) is 11.1 Å². The van der Waals surface area contributed by atoms with Gasteiger partial charge in [0.1, 0.15) is 5.52 Å². The lowest BCUT2D eigenvalue weighted by Crippen LogP contribution is -2.11. The highest BCUT2D eigenvalue weighted by Crippen LogP contribution is 2.21. The molecular weight excluding hydrogens is 340 g/mol. The third kappa shape index (κ3) is 5.12. The highest BCUT2D eigenvalue weighted by Gasteiger charge is 2.09. The van der Waals surface area contributed by atoms with E-state index in [9.17, 15) is 0 Å². The molecule has 27 heavy (non-hydrogen) atoms. The Labute approximate surface area is 159 Å². The summed E-state index contributed by atoms with van der Waals surface area (Å²) in [4.78, 5) is 15.5. The van der Waals surface area contributed by atoms with Crippen molar-refractivity contribution in [2.45, 2.75) is 13.0 Å². The number of rotatable bonds is 8. The molecule has 0 spiro atoms. The molecule has 0 bridgehead atoms. The first-order valence-corrected chi connectivity index (χ1v) is 8.93. The Morgan fingerprint density at radius 3 is 2.44 bits per heavy atom. The fourth-order valence-electron chi connectivity index (χ4n) is 2.90. The lowest BCUT2D eigenvalue weighted by molar-refractivity contribution is 0.210. The molecule has 0 aliphatic rings. The van der Waals surface area contributed by atoms with Gasteiger partial charge in [-0.15, -0.1) is 0 Å². The van der Waals surface area contributed by atoms with E-state index in [1.807, 2.05) is 12.1 Å². The van der Waals surface area contributed by atoms with E-state index in [0.717, 1.165) is 29.7 Å². The lowest BCUT2D eigenvalue weighted by Gasteiger charge is -2.11. The average molecular weight is 366 g/mol. The Morgan fingerprint density at radius 1 is 1.00 bits per heavy atom. The second-order valence-corrected chi connectivity index (χ2v) is 6.75. The van der Waals surface area contributed by atoms with Gasteiger partial charge in [-0.1, -0.05) is 24.3 Å². The molecule has 3 aromatic rings. The molecule has 2 heterocycles. The van der Waals surface area contributed by atoms with Crippen LogP contribution in [0.15, 0.2) is 36.4 Å². The van der Waals surface area contributed by atoms with Crippen LogP contribution >= 0.6 is 0 Å². The molecular formula is C20H26N6O. The minimum absolute atomic E-state index is 0.230. The van der Waals surface area contributed by atoms with Crippen molar-refractivity contribution in [3.05, 3.63) is 53.2 Å². The number of fused-ring (bicyclic) bond motifs is 1. The Bertz CT molecular complexity index is 895. The summed E-state index contributed by atoms with van der Waals surface area (Å²) in [6.07, 6.45) is 0.750. The molecule has 0 radical (unpaired) electrons. The highest BCUT2D eigenvalue weighted by molar-refractivity contribution is 5.86. The van der Waals surface area contributed by atoms with Crippen LogP contribution in [-0.2, 0) is 17.7 Å². The molecule has 142 valence electrons. The average Bonchev–Trinajstić information content (AvgIpc) is 2.63. The van der Waals surface area contributed by atoms with E-state index in [-0.39, 0.29) is 5.95 Å². The summed E-state index contributed by atoms with van der Waals surface area (Å²) < 4.78 is 5.08. The first-order chi connectivity index (χ1) is 13.0. The first-order valence-electron chi connectivity index (χ1n) is 8.93. The highest BCUT2D eigenvalue weighted by atomic mass is 16.5. The number of aromatic nitrogens is 3. The van der Waals surface area contributed by atoms with Crippen molar-refractivity contribution >= 4 is 22.8 Å². The quantitative estimate of drug-likeness (QED) is 0.591. The number of nitrogen functional groups attached to an aromatic ring is 1. The predicted molar refractivity (Wildman–Crippen MR) is 109 cm³/mol. The predicted octanol–water partition coefficient (Wildman–Crippen LogP) is 2.32. The lowest BCUT2D eigenvalue weighted by atomic mass is 10.1. The topological polar surface area (TPSA) is 89.2 Å². The van der Waals surface area contributed by atoms with E-state index in [0.29, 0.717) is 19.0 Å². The molecule has 7 heteroatoms. The summed E-state index contributed by atoms with van der Waals surface area (Å²) >= 11 is 0. The van der Waals surface area contributed by atoms with Crippen LogP contribution in [0, 0.1) is 0 Å². The Morgan fingerprint density at radius 2 is 1.74 bits per heavy atom. The van der Waals surface area contributed by atoms with Gasteiger partial charge in [-0.3, -0.25) is 0 Å². The summed E-state index contributed by atoms with van der Waals surface area (Å²) in [5.74, 6) is 0.867. The molecule has 3 N–H and O–H groups in total. The monoisotopic (exact) mass is 366 g/mol. The van der Waals surface area contributed by atoms with Gasteiger partial charge in [0.2, 0.25) is 5.95 Å². The van der Waals surface area contributed by atoms with E-state index in [2.05, 4.69) is 58.5 Å². The number of nitrogens with one attached hydrogen (secondary N) is 1. The number of methoxy groups -OCH3 is 1. The number of ether oxygens (including phenoxy) is 1. The standard InChI is InChI=1S/C20H26N6O/c1-26(2)13-15-6-4-14(5-7-15)12-16-8-9-17-18(23-16)19(22-10-11-27-3)25-20(21)24-17/h4-9H,10-13H2,1-3H3,(H3,21,22,24,25). The zero-order valence-electron chi connectivity index (χ0n) is 16.1. The van der Waals surface area contributed by atoms with Gasteiger partial charge in [0.05, 0.1) is 12.1 Å². The van der Waals surface area contributed by atoms with Crippen molar-refractivity contribution in [2.24, 2.45) is 0 Å². The second kappa shape index (κ2) is 8.75. The van der Waals surface area contributed by atoms with Crippen LogP contribution in [0.25, 0.3) is 11.0 Å². The molecule has 0 saturated heterocycles. The summed E-state index contributed by atoms with van der Waals surface area (Å²) in [7, 11) is 5.80. The molecule has 0 atom stereocenters. The number of nitrogens with zero attached hydrogens (tertiary/aromatic N) is 4. The van der Waals surface area contributed by atoms with Gasteiger partial charge in [-0.2, -0.15) is 4.98 Å². The number of nitrogens with two attached hydrogens (primary N) is 1. The molecule has 0 saturated carbocycles. The number of hydrogen-bond donors (Lipinski definition) is 2. The molecule has 7 nitrogen and oxygen atoms in total.